The molecule has 1 aliphatic heterocycles. The minimum atomic E-state index is 0.0253. The van der Waals surface area contributed by atoms with Crippen molar-refractivity contribution in [2.24, 2.45) is 0 Å². The van der Waals surface area contributed by atoms with Gasteiger partial charge in [0.2, 0.25) is 5.91 Å². The lowest BCUT2D eigenvalue weighted by molar-refractivity contribution is -0.126. The number of nitrogens with zero attached hydrogens (tertiary/aromatic N) is 1. The number of anilines is 1. The highest BCUT2D eigenvalue weighted by atomic mass is 16.5. The van der Waals surface area contributed by atoms with Crippen LogP contribution in [0.15, 0.2) is 24.3 Å². The second-order valence-corrected chi connectivity index (χ2v) is 4.51. The van der Waals surface area contributed by atoms with Crippen LogP contribution in [0.2, 0.25) is 0 Å². The van der Waals surface area contributed by atoms with Gasteiger partial charge in [0, 0.05) is 19.3 Å². The number of nitrogens with two attached hydrogens (primary N) is 1. The van der Waals surface area contributed by atoms with E-state index in [0.717, 1.165) is 17.8 Å². The quantitative estimate of drug-likeness (QED) is 0.732. The molecule has 0 atom stereocenters. The number of rotatable bonds is 5. The van der Waals surface area contributed by atoms with Crippen LogP contribution in [0.5, 0.6) is 0 Å². The van der Waals surface area contributed by atoms with Gasteiger partial charge < -0.3 is 15.8 Å². The third-order valence-electron chi connectivity index (χ3n) is 3.13. The monoisotopic (exact) mass is 249 g/mol. The van der Waals surface area contributed by atoms with Gasteiger partial charge in [0.25, 0.3) is 0 Å². The van der Waals surface area contributed by atoms with Gasteiger partial charge in [-0.2, -0.15) is 0 Å². The van der Waals surface area contributed by atoms with Crippen LogP contribution in [0.3, 0.4) is 0 Å². The molecule has 1 aliphatic rings. The van der Waals surface area contributed by atoms with Crippen molar-refractivity contribution in [3.8, 4) is 0 Å². The molecule has 0 bridgehead atoms. The maximum absolute atomic E-state index is 11.5. The van der Waals surface area contributed by atoms with E-state index in [9.17, 15) is 4.79 Å². The minimum Gasteiger partial charge on any atom is -0.399 e. The zero-order valence-electron chi connectivity index (χ0n) is 10.6. The predicted octanol–water partition coefficient (Wildman–Crippen LogP) is 0.216. The molecule has 1 aromatic carbocycles. The Morgan fingerprint density at radius 2 is 2.11 bits per heavy atom. The van der Waals surface area contributed by atoms with Gasteiger partial charge >= 0.3 is 0 Å². The third-order valence-corrected chi connectivity index (χ3v) is 3.13. The molecule has 1 amide bonds. The van der Waals surface area contributed by atoms with E-state index >= 15 is 0 Å². The van der Waals surface area contributed by atoms with Gasteiger partial charge in [-0.3, -0.25) is 9.69 Å². The van der Waals surface area contributed by atoms with Crippen LogP contribution < -0.4 is 11.1 Å². The zero-order valence-corrected chi connectivity index (χ0v) is 10.6. The summed E-state index contributed by atoms with van der Waals surface area (Å²) >= 11 is 0. The van der Waals surface area contributed by atoms with Crippen LogP contribution >= 0.6 is 0 Å². The van der Waals surface area contributed by atoms with E-state index in [2.05, 4.69) is 10.2 Å². The van der Waals surface area contributed by atoms with Crippen molar-refractivity contribution in [1.29, 1.82) is 0 Å². The normalized spacial score (nSPS) is 15.4. The summed E-state index contributed by atoms with van der Waals surface area (Å²) in [6.07, 6.45) is 0. The maximum Gasteiger partial charge on any atom is 0.233 e. The zero-order chi connectivity index (χ0) is 13.0. The summed E-state index contributed by atoms with van der Waals surface area (Å²) < 4.78 is 5.19. The fraction of sp³-hybridized carbons (Fsp3) is 0.462. The number of amides is 1. The summed E-state index contributed by atoms with van der Waals surface area (Å²) in [7, 11) is 1.65. The van der Waals surface area contributed by atoms with Crippen molar-refractivity contribution < 1.29 is 9.53 Å². The van der Waals surface area contributed by atoms with Crippen molar-refractivity contribution in [3.63, 3.8) is 0 Å². The number of hydrogen-bond acceptors (Lipinski definition) is 4. The SMILES string of the molecule is CNC(=O)CN(Cc1ccc(N)cc1)C1COC1. The van der Waals surface area contributed by atoms with E-state index in [1.807, 2.05) is 24.3 Å². The van der Waals surface area contributed by atoms with Crippen molar-refractivity contribution in [2.75, 3.05) is 32.5 Å². The topological polar surface area (TPSA) is 67.6 Å². The molecule has 18 heavy (non-hydrogen) atoms. The lowest BCUT2D eigenvalue weighted by Gasteiger charge is -2.36. The van der Waals surface area contributed by atoms with E-state index in [1.54, 1.807) is 7.05 Å². The summed E-state index contributed by atoms with van der Waals surface area (Å²) in [6, 6.07) is 8.08. The first kappa shape index (κ1) is 12.9. The Morgan fingerprint density at radius 1 is 1.44 bits per heavy atom. The molecule has 1 saturated heterocycles. The number of nitrogen functional groups attached to an aromatic ring is 1. The smallest absolute Gasteiger partial charge is 0.233 e. The van der Waals surface area contributed by atoms with Gasteiger partial charge in [0.15, 0.2) is 0 Å². The lowest BCUT2D eigenvalue weighted by Crippen LogP contribution is -2.51. The van der Waals surface area contributed by atoms with Crippen molar-refractivity contribution in [3.05, 3.63) is 29.8 Å². The van der Waals surface area contributed by atoms with Gasteiger partial charge in [-0.15, -0.1) is 0 Å². The first-order chi connectivity index (χ1) is 8.69. The summed E-state index contributed by atoms with van der Waals surface area (Å²) in [5, 5.41) is 2.65. The van der Waals surface area contributed by atoms with Crippen LogP contribution in [0.1, 0.15) is 5.56 Å². The number of likely N-dealkylation sites (N-methyl/N-ethyl adjacent to an activating group) is 1. The van der Waals surface area contributed by atoms with E-state index in [4.69, 9.17) is 10.5 Å². The number of benzene rings is 1. The van der Waals surface area contributed by atoms with Crippen LogP contribution in [0.25, 0.3) is 0 Å². The number of carbonyl (C=O) groups excluding carboxylic acids is 1. The van der Waals surface area contributed by atoms with Gasteiger partial charge in [-0.25, -0.2) is 0 Å². The molecular formula is C13H19N3O2. The molecule has 0 radical (unpaired) electrons. The Hall–Kier alpha value is -1.59. The van der Waals surface area contributed by atoms with Crippen molar-refractivity contribution in [2.45, 2.75) is 12.6 Å². The highest BCUT2D eigenvalue weighted by molar-refractivity contribution is 5.77. The third kappa shape index (κ3) is 3.21. The number of hydrogen-bond donors (Lipinski definition) is 2. The second kappa shape index (κ2) is 5.84. The molecule has 5 nitrogen and oxygen atoms in total. The first-order valence-electron chi connectivity index (χ1n) is 6.06. The average Bonchev–Trinajstić information content (AvgIpc) is 2.29. The molecule has 98 valence electrons. The minimum absolute atomic E-state index is 0.0253. The standard InChI is InChI=1S/C13H19N3O2/c1-15-13(17)7-16(12-8-18-9-12)6-10-2-4-11(14)5-3-10/h2-5,12H,6-9,14H2,1H3,(H,15,17). The lowest BCUT2D eigenvalue weighted by atomic mass is 10.1. The molecule has 0 spiro atoms. The van der Waals surface area contributed by atoms with E-state index in [-0.39, 0.29) is 5.91 Å². The number of ether oxygens (including phenoxy) is 1. The van der Waals surface area contributed by atoms with Gasteiger partial charge in [-0.05, 0) is 17.7 Å². The highest BCUT2D eigenvalue weighted by Crippen LogP contribution is 2.15. The Bertz CT molecular complexity index is 401. The summed E-state index contributed by atoms with van der Waals surface area (Å²) in [4.78, 5) is 13.6. The van der Waals surface area contributed by atoms with Crippen molar-refractivity contribution in [1.82, 2.24) is 10.2 Å². The van der Waals surface area contributed by atoms with Gasteiger partial charge in [0.05, 0.1) is 25.8 Å². The molecule has 0 aliphatic carbocycles. The van der Waals surface area contributed by atoms with Crippen LogP contribution in [-0.2, 0) is 16.1 Å². The second-order valence-electron chi connectivity index (χ2n) is 4.51. The van der Waals surface area contributed by atoms with Crippen LogP contribution in [0.4, 0.5) is 5.69 Å². The van der Waals surface area contributed by atoms with Crippen LogP contribution in [-0.4, -0.2) is 43.7 Å². The highest BCUT2D eigenvalue weighted by Gasteiger charge is 2.27. The molecule has 3 N–H and O–H groups in total. The summed E-state index contributed by atoms with van der Waals surface area (Å²) in [5.74, 6) is 0.0253. The number of nitrogens with one attached hydrogen (secondary N) is 1. The number of carbonyl (C=O) groups is 1. The molecule has 5 heteroatoms. The maximum atomic E-state index is 11.5. The Labute approximate surface area is 107 Å². The van der Waals surface area contributed by atoms with E-state index < -0.39 is 0 Å². The predicted molar refractivity (Wildman–Crippen MR) is 69.9 cm³/mol. The Balaban J connectivity index is 1.99. The Morgan fingerprint density at radius 3 is 2.61 bits per heavy atom. The molecule has 0 unspecified atom stereocenters. The molecule has 0 aromatic heterocycles. The fourth-order valence-corrected chi connectivity index (χ4v) is 1.87. The largest absolute Gasteiger partial charge is 0.399 e. The summed E-state index contributed by atoms with van der Waals surface area (Å²) in [5.41, 5.74) is 7.57. The van der Waals surface area contributed by atoms with E-state index in [1.165, 1.54) is 0 Å². The van der Waals surface area contributed by atoms with Crippen LogP contribution in [0, 0.1) is 0 Å². The Kier molecular flexibility index (Phi) is 4.17. The molecule has 2 rings (SSSR count). The summed E-state index contributed by atoms with van der Waals surface area (Å²) in [6.45, 7) is 2.54. The molecular weight excluding hydrogens is 230 g/mol. The average molecular weight is 249 g/mol. The molecule has 1 heterocycles. The van der Waals surface area contributed by atoms with E-state index in [0.29, 0.717) is 25.8 Å². The van der Waals surface area contributed by atoms with Crippen molar-refractivity contribution >= 4 is 11.6 Å². The molecule has 0 saturated carbocycles. The first-order valence-corrected chi connectivity index (χ1v) is 6.06. The molecule has 1 aromatic rings. The van der Waals surface area contributed by atoms with Gasteiger partial charge in [-0.1, -0.05) is 12.1 Å². The van der Waals surface area contributed by atoms with Gasteiger partial charge in [0.1, 0.15) is 0 Å². The molecule has 1 fully saturated rings. The fourth-order valence-electron chi connectivity index (χ4n) is 1.87.